The fraction of sp³-hybridized carbons (Fsp3) is 0.308. The number of carbonyl (C=O) groups is 1. The molecule has 1 aromatic heterocycles. The van der Waals surface area contributed by atoms with E-state index in [1.54, 1.807) is 17.2 Å². The normalized spacial score (nSPS) is 18.8. The lowest BCUT2D eigenvalue weighted by Gasteiger charge is -2.17. The van der Waals surface area contributed by atoms with E-state index in [4.69, 9.17) is 0 Å². The zero-order valence-corrected chi connectivity index (χ0v) is 11.8. The Morgan fingerprint density at radius 2 is 2.00 bits per heavy atom. The first-order valence-corrected chi connectivity index (χ1v) is 6.94. The van der Waals surface area contributed by atoms with E-state index in [9.17, 15) is 4.79 Å². The summed E-state index contributed by atoms with van der Waals surface area (Å²) in [7, 11) is 0. The minimum Gasteiger partial charge on any atom is -0.336 e. The van der Waals surface area contributed by atoms with E-state index in [0.717, 1.165) is 17.4 Å². The molecule has 19 heavy (non-hydrogen) atoms. The Kier molecular flexibility index (Phi) is 3.33. The molecule has 1 saturated heterocycles. The van der Waals surface area contributed by atoms with Gasteiger partial charge in [0.1, 0.15) is 0 Å². The SMILES string of the molecule is O=C(c1ccccc1Br)N1CCC(n2nccn2)C1. The minimum atomic E-state index is 0.0575. The molecule has 3 rings (SSSR count). The Labute approximate surface area is 119 Å². The molecule has 1 unspecified atom stereocenters. The number of nitrogens with zero attached hydrogens (tertiary/aromatic N) is 4. The quantitative estimate of drug-likeness (QED) is 0.851. The molecule has 6 heteroatoms. The first kappa shape index (κ1) is 12.3. The van der Waals surface area contributed by atoms with Gasteiger partial charge in [0.25, 0.3) is 5.91 Å². The Morgan fingerprint density at radius 3 is 2.74 bits per heavy atom. The second-order valence-electron chi connectivity index (χ2n) is 4.52. The summed E-state index contributed by atoms with van der Waals surface area (Å²) in [6.07, 6.45) is 4.22. The molecule has 1 amide bonds. The van der Waals surface area contributed by atoms with E-state index >= 15 is 0 Å². The van der Waals surface area contributed by atoms with Gasteiger partial charge >= 0.3 is 0 Å². The van der Waals surface area contributed by atoms with Crippen LogP contribution in [0.2, 0.25) is 0 Å². The molecule has 1 aliphatic rings. The van der Waals surface area contributed by atoms with Crippen molar-refractivity contribution < 1.29 is 4.79 Å². The van der Waals surface area contributed by atoms with Gasteiger partial charge in [-0.1, -0.05) is 12.1 Å². The largest absolute Gasteiger partial charge is 0.336 e. The lowest BCUT2D eigenvalue weighted by Crippen LogP contribution is -2.29. The summed E-state index contributed by atoms with van der Waals surface area (Å²) in [6.45, 7) is 1.40. The molecule has 1 aliphatic heterocycles. The molecule has 2 aromatic rings. The molecule has 2 heterocycles. The number of halogens is 1. The highest BCUT2D eigenvalue weighted by molar-refractivity contribution is 9.10. The fourth-order valence-corrected chi connectivity index (χ4v) is 2.79. The number of carbonyl (C=O) groups excluding carboxylic acids is 1. The van der Waals surface area contributed by atoms with Gasteiger partial charge in [-0.15, -0.1) is 0 Å². The summed E-state index contributed by atoms with van der Waals surface area (Å²) in [6, 6.07) is 7.69. The van der Waals surface area contributed by atoms with Gasteiger partial charge in [-0.2, -0.15) is 15.0 Å². The predicted molar refractivity (Wildman–Crippen MR) is 73.7 cm³/mol. The molecule has 5 nitrogen and oxygen atoms in total. The zero-order chi connectivity index (χ0) is 13.2. The maximum absolute atomic E-state index is 12.4. The molecule has 0 radical (unpaired) electrons. The summed E-state index contributed by atoms with van der Waals surface area (Å²) in [5, 5.41) is 8.28. The van der Waals surface area contributed by atoms with Gasteiger partial charge in [-0.25, -0.2) is 0 Å². The smallest absolute Gasteiger partial charge is 0.255 e. The number of hydrogen-bond acceptors (Lipinski definition) is 3. The number of amides is 1. The van der Waals surface area contributed by atoms with Crippen molar-refractivity contribution >= 4 is 21.8 Å². The van der Waals surface area contributed by atoms with Gasteiger partial charge in [-0.3, -0.25) is 4.79 Å². The Balaban J connectivity index is 1.75. The Morgan fingerprint density at radius 1 is 1.26 bits per heavy atom. The third-order valence-corrected chi connectivity index (χ3v) is 4.01. The van der Waals surface area contributed by atoms with Crippen LogP contribution in [0.3, 0.4) is 0 Å². The highest BCUT2D eigenvalue weighted by Crippen LogP contribution is 2.24. The maximum atomic E-state index is 12.4. The van der Waals surface area contributed by atoms with Crippen LogP contribution in [0.1, 0.15) is 22.8 Å². The van der Waals surface area contributed by atoms with E-state index in [1.165, 1.54) is 0 Å². The van der Waals surface area contributed by atoms with Crippen LogP contribution >= 0.6 is 15.9 Å². The number of benzene rings is 1. The molecular formula is C13H13BrN4O. The molecule has 1 fully saturated rings. The molecule has 0 saturated carbocycles. The minimum absolute atomic E-state index is 0.0575. The van der Waals surface area contributed by atoms with Crippen LogP contribution in [-0.4, -0.2) is 38.9 Å². The molecule has 1 aromatic carbocycles. The van der Waals surface area contributed by atoms with E-state index in [1.807, 2.05) is 29.2 Å². The van der Waals surface area contributed by atoms with Crippen LogP contribution in [0, 0.1) is 0 Å². The summed E-state index contributed by atoms with van der Waals surface area (Å²) in [5.74, 6) is 0.0575. The molecule has 0 N–H and O–H groups in total. The maximum Gasteiger partial charge on any atom is 0.255 e. The van der Waals surface area contributed by atoms with Crippen molar-refractivity contribution in [3.8, 4) is 0 Å². The van der Waals surface area contributed by atoms with Gasteiger partial charge in [0.2, 0.25) is 0 Å². The van der Waals surface area contributed by atoms with Gasteiger partial charge in [0.15, 0.2) is 0 Å². The number of rotatable bonds is 2. The van der Waals surface area contributed by atoms with Crippen molar-refractivity contribution in [2.75, 3.05) is 13.1 Å². The number of likely N-dealkylation sites (tertiary alicyclic amines) is 1. The zero-order valence-electron chi connectivity index (χ0n) is 10.2. The second-order valence-corrected chi connectivity index (χ2v) is 5.38. The fourth-order valence-electron chi connectivity index (χ4n) is 2.33. The lowest BCUT2D eigenvalue weighted by atomic mass is 10.2. The Bertz CT molecular complexity index is 584. The number of hydrogen-bond donors (Lipinski definition) is 0. The summed E-state index contributed by atoms with van der Waals surface area (Å²) in [5.41, 5.74) is 0.705. The molecule has 0 spiro atoms. The highest BCUT2D eigenvalue weighted by Gasteiger charge is 2.29. The van der Waals surface area contributed by atoms with E-state index in [2.05, 4.69) is 26.1 Å². The van der Waals surface area contributed by atoms with E-state index in [-0.39, 0.29) is 11.9 Å². The van der Waals surface area contributed by atoms with E-state index < -0.39 is 0 Å². The first-order chi connectivity index (χ1) is 9.25. The third-order valence-electron chi connectivity index (χ3n) is 3.32. The second kappa shape index (κ2) is 5.13. The van der Waals surface area contributed by atoms with Crippen LogP contribution < -0.4 is 0 Å². The van der Waals surface area contributed by atoms with Crippen molar-refractivity contribution in [3.63, 3.8) is 0 Å². The standard InChI is InChI=1S/C13H13BrN4O/c14-12-4-2-1-3-11(12)13(19)17-8-5-10(9-17)18-15-6-7-16-18/h1-4,6-7,10H,5,8-9H2. The predicted octanol–water partition coefficient (Wildman–Crippen LogP) is 2.13. The Hall–Kier alpha value is -1.69. The van der Waals surface area contributed by atoms with Crippen LogP contribution in [0.15, 0.2) is 41.1 Å². The van der Waals surface area contributed by atoms with Gasteiger partial charge in [-0.05, 0) is 34.5 Å². The van der Waals surface area contributed by atoms with E-state index in [0.29, 0.717) is 12.1 Å². The topological polar surface area (TPSA) is 51.0 Å². The average Bonchev–Trinajstić information content (AvgIpc) is 3.09. The van der Waals surface area contributed by atoms with Gasteiger partial charge < -0.3 is 4.90 Å². The highest BCUT2D eigenvalue weighted by atomic mass is 79.9. The monoisotopic (exact) mass is 320 g/mol. The van der Waals surface area contributed by atoms with Crippen LogP contribution in [-0.2, 0) is 0 Å². The van der Waals surface area contributed by atoms with Crippen LogP contribution in [0.4, 0.5) is 0 Å². The van der Waals surface area contributed by atoms with Crippen molar-refractivity contribution in [1.29, 1.82) is 0 Å². The summed E-state index contributed by atoms with van der Waals surface area (Å²) >= 11 is 3.42. The molecular weight excluding hydrogens is 308 g/mol. The molecule has 1 atom stereocenters. The average molecular weight is 321 g/mol. The molecule has 0 bridgehead atoms. The van der Waals surface area contributed by atoms with Gasteiger partial charge in [0.05, 0.1) is 24.0 Å². The lowest BCUT2D eigenvalue weighted by molar-refractivity contribution is 0.0785. The van der Waals surface area contributed by atoms with Crippen molar-refractivity contribution in [2.45, 2.75) is 12.5 Å². The molecule has 98 valence electrons. The van der Waals surface area contributed by atoms with Crippen LogP contribution in [0.25, 0.3) is 0 Å². The summed E-state index contributed by atoms with van der Waals surface area (Å²) < 4.78 is 0.834. The van der Waals surface area contributed by atoms with Crippen molar-refractivity contribution in [2.24, 2.45) is 0 Å². The van der Waals surface area contributed by atoms with Crippen molar-refractivity contribution in [3.05, 3.63) is 46.7 Å². The first-order valence-electron chi connectivity index (χ1n) is 6.15. The number of aromatic nitrogens is 3. The van der Waals surface area contributed by atoms with Crippen LogP contribution in [0.5, 0.6) is 0 Å². The van der Waals surface area contributed by atoms with Gasteiger partial charge in [0, 0.05) is 17.6 Å². The summed E-state index contributed by atoms with van der Waals surface area (Å²) in [4.78, 5) is 16.0. The third kappa shape index (κ3) is 2.40. The molecule has 0 aliphatic carbocycles. The van der Waals surface area contributed by atoms with Crippen molar-refractivity contribution in [1.82, 2.24) is 19.9 Å².